The monoisotopic (exact) mass is 560 g/mol. The molecular formula is C25H26IN2O3P. The number of hydrogen-bond donors (Lipinski definition) is 0. The average molecular weight is 560 g/mol. The number of aromatic nitrogens is 2. The van der Waals surface area contributed by atoms with E-state index in [2.05, 4.69) is 82.2 Å². The van der Waals surface area contributed by atoms with Gasteiger partial charge < -0.3 is 18.6 Å². The first kappa shape index (κ1) is 23.3. The van der Waals surface area contributed by atoms with Crippen LogP contribution in [-0.2, 0) is 15.8 Å². The first-order chi connectivity index (χ1) is 15.6. The van der Waals surface area contributed by atoms with Crippen LogP contribution in [0.25, 0.3) is 11.1 Å². The van der Waals surface area contributed by atoms with Crippen LogP contribution in [-0.4, -0.2) is 29.4 Å². The standard InChI is InChI=1S/C25H26IN2O3P/c1-19(31-32-26)24-27-13-15-28(24)14-3-4-20-5-7-21(8-6-20)22-9-11-23(12-10-22)30-18-25(2)16-29-17-25/h5-13,15,19,32H,14,16-18H2,1-2H3. The molecule has 0 saturated carbocycles. The molecule has 2 heterocycles. The average Bonchev–Trinajstić information content (AvgIpc) is 3.26. The summed E-state index contributed by atoms with van der Waals surface area (Å²) in [4.78, 5) is 4.40. The molecule has 1 aliphatic heterocycles. The van der Waals surface area contributed by atoms with E-state index in [0.29, 0.717) is 19.6 Å². The maximum atomic E-state index is 5.92. The third kappa shape index (κ3) is 5.90. The predicted octanol–water partition coefficient (Wildman–Crippen LogP) is 6.04. The van der Waals surface area contributed by atoms with Crippen molar-refractivity contribution in [1.29, 1.82) is 0 Å². The molecular weight excluding hydrogens is 534 g/mol. The van der Waals surface area contributed by atoms with Crippen molar-refractivity contribution < 1.29 is 14.0 Å². The van der Waals surface area contributed by atoms with Gasteiger partial charge in [0.25, 0.3) is 0 Å². The van der Waals surface area contributed by atoms with Crippen molar-refractivity contribution in [1.82, 2.24) is 9.55 Å². The maximum absolute atomic E-state index is 5.92. The van der Waals surface area contributed by atoms with Gasteiger partial charge in [0, 0.05) is 23.4 Å². The summed E-state index contributed by atoms with van der Waals surface area (Å²) in [6.07, 6.45) is 3.70. The first-order valence-electron chi connectivity index (χ1n) is 10.5. The first-order valence-corrected chi connectivity index (χ1v) is 14.5. The van der Waals surface area contributed by atoms with Crippen LogP contribution in [0.15, 0.2) is 60.9 Å². The van der Waals surface area contributed by atoms with Gasteiger partial charge in [0.1, 0.15) is 17.7 Å². The lowest BCUT2D eigenvalue weighted by molar-refractivity contribution is -0.120. The van der Waals surface area contributed by atoms with Gasteiger partial charge in [-0.3, -0.25) is 0 Å². The van der Waals surface area contributed by atoms with Crippen LogP contribution >= 0.6 is 28.5 Å². The number of halogens is 1. The lowest BCUT2D eigenvalue weighted by Crippen LogP contribution is -2.44. The fourth-order valence-corrected chi connectivity index (χ4v) is 4.82. The second-order valence-electron chi connectivity index (χ2n) is 8.25. The molecule has 1 fully saturated rings. The number of nitrogens with zero attached hydrogens (tertiary/aromatic N) is 2. The van der Waals surface area contributed by atoms with E-state index in [1.165, 1.54) is 0 Å². The Morgan fingerprint density at radius 3 is 2.47 bits per heavy atom. The summed E-state index contributed by atoms with van der Waals surface area (Å²) in [6.45, 7) is 7.42. The van der Waals surface area contributed by atoms with E-state index < -0.39 is 0 Å². The fraction of sp³-hybridized carbons (Fsp3) is 0.320. The third-order valence-corrected chi connectivity index (χ3v) is 6.58. The minimum absolute atomic E-state index is 0.0339. The van der Waals surface area contributed by atoms with Crippen molar-refractivity contribution in [2.45, 2.75) is 26.5 Å². The van der Waals surface area contributed by atoms with Crippen molar-refractivity contribution in [2.75, 3.05) is 19.8 Å². The van der Waals surface area contributed by atoms with Crippen molar-refractivity contribution in [2.24, 2.45) is 5.41 Å². The molecule has 3 aromatic rings. The molecule has 0 bridgehead atoms. The summed E-state index contributed by atoms with van der Waals surface area (Å²) in [7, 11) is 0. The molecule has 1 aliphatic rings. The van der Waals surface area contributed by atoms with Crippen LogP contribution in [0.4, 0.5) is 0 Å². The minimum atomic E-state index is -0.0339. The molecule has 0 spiro atoms. The molecule has 2 unspecified atom stereocenters. The molecule has 0 radical (unpaired) electrons. The Hall–Kier alpha value is -1.91. The zero-order valence-corrected chi connectivity index (χ0v) is 21.3. The van der Waals surface area contributed by atoms with E-state index in [-0.39, 0.29) is 11.5 Å². The van der Waals surface area contributed by atoms with Gasteiger partial charge in [0.15, 0.2) is 0 Å². The van der Waals surface area contributed by atoms with Crippen molar-refractivity contribution >= 4 is 28.5 Å². The van der Waals surface area contributed by atoms with Crippen LogP contribution in [0, 0.1) is 17.3 Å². The van der Waals surface area contributed by atoms with Crippen molar-refractivity contribution in [3.63, 3.8) is 0 Å². The molecule has 0 N–H and O–H groups in total. The van der Waals surface area contributed by atoms with E-state index in [1.54, 1.807) is 6.20 Å². The summed E-state index contributed by atoms with van der Waals surface area (Å²) in [6, 6.07) is 16.6. The van der Waals surface area contributed by atoms with Gasteiger partial charge in [-0.2, -0.15) is 0 Å². The molecule has 0 aliphatic carbocycles. The molecule has 7 heteroatoms. The van der Waals surface area contributed by atoms with Gasteiger partial charge in [-0.1, -0.05) is 43.0 Å². The molecule has 2 aromatic carbocycles. The summed E-state index contributed by atoms with van der Waals surface area (Å²) in [5, 5.41) is 0. The molecule has 1 saturated heterocycles. The quantitative estimate of drug-likeness (QED) is 0.192. The van der Waals surface area contributed by atoms with E-state index >= 15 is 0 Å². The zero-order valence-electron chi connectivity index (χ0n) is 18.2. The molecule has 1 aromatic heterocycles. The number of ether oxygens (including phenoxy) is 2. The van der Waals surface area contributed by atoms with Gasteiger partial charge in [-0.15, -0.1) is 0 Å². The molecule has 5 nitrogen and oxygen atoms in total. The van der Waals surface area contributed by atoms with Crippen LogP contribution in [0.3, 0.4) is 0 Å². The van der Waals surface area contributed by atoms with E-state index in [1.807, 2.05) is 29.8 Å². The molecule has 0 amide bonds. The third-order valence-electron chi connectivity index (χ3n) is 5.38. The van der Waals surface area contributed by atoms with Crippen LogP contribution in [0.2, 0.25) is 0 Å². The van der Waals surface area contributed by atoms with E-state index in [9.17, 15) is 0 Å². The Balaban J connectivity index is 1.34. The summed E-state index contributed by atoms with van der Waals surface area (Å²) < 4.78 is 18.9. The number of imidazole rings is 1. The Labute approximate surface area is 204 Å². The summed E-state index contributed by atoms with van der Waals surface area (Å²) in [5.41, 5.74) is 3.45. The van der Waals surface area contributed by atoms with Gasteiger partial charge >= 0.3 is 0 Å². The molecule has 32 heavy (non-hydrogen) atoms. The van der Waals surface area contributed by atoms with Gasteiger partial charge in [-0.05, 0) is 64.4 Å². The van der Waals surface area contributed by atoms with Crippen LogP contribution in [0.1, 0.15) is 31.3 Å². The highest BCUT2D eigenvalue weighted by molar-refractivity contribution is 14.2. The Morgan fingerprint density at radius 1 is 1.16 bits per heavy atom. The van der Waals surface area contributed by atoms with Gasteiger partial charge in [-0.25, -0.2) is 4.98 Å². The highest BCUT2D eigenvalue weighted by Crippen LogP contribution is 2.31. The number of hydrogen-bond acceptors (Lipinski definition) is 4. The Morgan fingerprint density at radius 2 is 1.84 bits per heavy atom. The topological polar surface area (TPSA) is 45.5 Å². The van der Waals surface area contributed by atoms with Crippen LogP contribution in [0.5, 0.6) is 5.75 Å². The highest BCUT2D eigenvalue weighted by Gasteiger charge is 2.34. The second kappa shape index (κ2) is 10.8. The lowest BCUT2D eigenvalue weighted by Gasteiger charge is -2.37. The minimum Gasteiger partial charge on any atom is -0.493 e. The maximum Gasteiger partial charge on any atom is 0.138 e. The van der Waals surface area contributed by atoms with Crippen molar-refractivity contribution in [3.05, 3.63) is 72.3 Å². The summed E-state index contributed by atoms with van der Waals surface area (Å²) in [5.74, 6) is 8.27. The largest absolute Gasteiger partial charge is 0.493 e. The van der Waals surface area contributed by atoms with E-state index in [4.69, 9.17) is 14.0 Å². The Bertz CT molecular complexity index is 1080. The highest BCUT2D eigenvalue weighted by atomic mass is 127. The predicted molar refractivity (Wildman–Crippen MR) is 137 cm³/mol. The molecule has 4 rings (SSSR count). The zero-order chi connectivity index (χ0) is 22.4. The second-order valence-corrected chi connectivity index (χ2v) is 9.96. The molecule has 166 valence electrons. The lowest BCUT2D eigenvalue weighted by atomic mass is 9.90. The normalized spacial score (nSPS) is 15.7. The van der Waals surface area contributed by atoms with E-state index in [0.717, 1.165) is 41.5 Å². The van der Waals surface area contributed by atoms with Crippen molar-refractivity contribution in [3.8, 4) is 28.7 Å². The Kier molecular flexibility index (Phi) is 7.85. The smallest absolute Gasteiger partial charge is 0.138 e. The number of rotatable bonds is 8. The van der Waals surface area contributed by atoms with Gasteiger partial charge in [0.2, 0.25) is 0 Å². The summed E-state index contributed by atoms with van der Waals surface area (Å²) >= 11 is 2.22. The number of benzene rings is 2. The van der Waals surface area contributed by atoms with Gasteiger partial charge in [0.05, 0.1) is 32.8 Å². The fourth-order valence-electron chi connectivity index (χ4n) is 3.44. The van der Waals surface area contributed by atoms with Crippen LogP contribution < -0.4 is 4.74 Å². The SMILES string of the molecule is CC(OPI)c1nccn1CC#Cc1ccc(-c2ccc(OCC3(C)COC3)cc2)cc1. The molecule has 2 atom stereocenters.